The van der Waals surface area contributed by atoms with Crippen molar-refractivity contribution in [3.8, 4) is 0 Å². The monoisotopic (exact) mass is 444 g/mol. The lowest BCUT2D eigenvalue weighted by molar-refractivity contribution is -0.133. The first-order valence-electron chi connectivity index (χ1n) is 8.47. The zero-order chi connectivity index (χ0) is 16.7. The van der Waals surface area contributed by atoms with E-state index in [0.717, 1.165) is 32.0 Å². The topological polar surface area (TPSA) is 56.7 Å². The van der Waals surface area contributed by atoms with Gasteiger partial charge in [-0.3, -0.25) is 4.79 Å². The normalized spacial score (nSPS) is 17.6. The summed E-state index contributed by atoms with van der Waals surface area (Å²) in [6, 6.07) is 10.5. The maximum absolute atomic E-state index is 12.1. The number of halogens is 1. The summed E-state index contributed by atoms with van der Waals surface area (Å²) in [5.74, 6) is 1.12. The fraction of sp³-hybridized carbons (Fsp3) is 0.556. The van der Waals surface area contributed by atoms with Crippen LogP contribution in [0.2, 0.25) is 0 Å². The molecule has 1 atom stereocenters. The largest absolute Gasteiger partial charge is 0.357 e. The highest BCUT2D eigenvalue weighted by atomic mass is 127. The summed E-state index contributed by atoms with van der Waals surface area (Å²) in [7, 11) is 0. The zero-order valence-electron chi connectivity index (χ0n) is 14.8. The summed E-state index contributed by atoms with van der Waals surface area (Å²) in [6.07, 6.45) is 0.966. The number of nitrogens with zero attached hydrogens (tertiary/aromatic N) is 2. The molecule has 2 N–H and O–H groups in total. The van der Waals surface area contributed by atoms with Gasteiger partial charge in [0.2, 0.25) is 5.91 Å². The lowest BCUT2D eigenvalue weighted by Crippen LogP contribution is -2.45. The van der Waals surface area contributed by atoms with E-state index in [1.54, 1.807) is 0 Å². The fourth-order valence-corrected chi connectivity index (χ4v) is 2.71. The Labute approximate surface area is 162 Å². The highest BCUT2D eigenvalue weighted by Gasteiger charge is 2.27. The van der Waals surface area contributed by atoms with Gasteiger partial charge in [-0.25, -0.2) is 4.99 Å². The molecule has 2 rings (SSSR count). The molecule has 0 bridgehead atoms. The van der Waals surface area contributed by atoms with Gasteiger partial charge in [-0.1, -0.05) is 44.2 Å². The van der Waals surface area contributed by atoms with Crippen molar-refractivity contribution in [2.75, 3.05) is 19.6 Å². The van der Waals surface area contributed by atoms with E-state index in [9.17, 15) is 4.79 Å². The molecule has 1 unspecified atom stereocenters. The number of hydrogen-bond acceptors (Lipinski definition) is 2. The summed E-state index contributed by atoms with van der Waals surface area (Å²) in [6.45, 7) is 9.02. The molecular weight excluding hydrogens is 415 g/mol. The second-order valence-electron chi connectivity index (χ2n) is 6.25. The molecule has 0 spiro atoms. The van der Waals surface area contributed by atoms with Crippen LogP contribution in [0, 0.1) is 5.92 Å². The van der Waals surface area contributed by atoms with E-state index >= 15 is 0 Å². The van der Waals surface area contributed by atoms with E-state index in [1.165, 1.54) is 5.56 Å². The van der Waals surface area contributed by atoms with Crippen LogP contribution in [0.4, 0.5) is 0 Å². The van der Waals surface area contributed by atoms with Gasteiger partial charge in [0.05, 0.1) is 6.54 Å². The van der Waals surface area contributed by atoms with Crippen LogP contribution in [0.3, 0.4) is 0 Å². The minimum atomic E-state index is 0. The van der Waals surface area contributed by atoms with Gasteiger partial charge in [0, 0.05) is 31.6 Å². The number of carbonyl (C=O) groups excluding carboxylic acids is 1. The molecule has 1 amide bonds. The van der Waals surface area contributed by atoms with E-state index < -0.39 is 0 Å². The van der Waals surface area contributed by atoms with Crippen molar-refractivity contribution in [1.29, 1.82) is 0 Å². The van der Waals surface area contributed by atoms with E-state index in [1.807, 2.05) is 36.9 Å². The molecule has 5 nitrogen and oxygen atoms in total. The van der Waals surface area contributed by atoms with Gasteiger partial charge in [-0.05, 0) is 18.9 Å². The average Bonchev–Trinajstić information content (AvgIpc) is 3.01. The Bertz CT molecular complexity index is 533. The number of guanidine groups is 1. The van der Waals surface area contributed by atoms with Gasteiger partial charge >= 0.3 is 0 Å². The fourth-order valence-electron chi connectivity index (χ4n) is 2.71. The molecule has 1 aromatic rings. The van der Waals surface area contributed by atoms with E-state index in [-0.39, 0.29) is 41.8 Å². The van der Waals surface area contributed by atoms with Crippen LogP contribution in [0.15, 0.2) is 35.3 Å². The molecule has 1 heterocycles. The Morgan fingerprint density at radius 2 is 2.04 bits per heavy atom. The second-order valence-corrected chi connectivity index (χ2v) is 6.25. The smallest absolute Gasteiger partial charge is 0.225 e. The summed E-state index contributed by atoms with van der Waals surface area (Å²) < 4.78 is 0. The van der Waals surface area contributed by atoms with Gasteiger partial charge in [0.15, 0.2) is 5.96 Å². The van der Waals surface area contributed by atoms with Gasteiger partial charge in [0.25, 0.3) is 0 Å². The maximum Gasteiger partial charge on any atom is 0.225 e. The highest BCUT2D eigenvalue weighted by Crippen LogP contribution is 2.12. The van der Waals surface area contributed by atoms with E-state index in [4.69, 9.17) is 0 Å². The van der Waals surface area contributed by atoms with Crippen LogP contribution in [0.1, 0.15) is 32.8 Å². The number of benzene rings is 1. The second kappa shape index (κ2) is 10.5. The molecule has 0 saturated carbocycles. The molecule has 1 aliphatic heterocycles. The number of likely N-dealkylation sites (tertiary alicyclic amines) is 1. The van der Waals surface area contributed by atoms with Crippen molar-refractivity contribution in [1.82, 2.24) is 15.5 Å². The third kappa shape index (κ3) is 6.30. The van der Waals surface area contributed by atoms with Crippen LogP contribution in [0.5, 0.6) is 0 Å². The van der Waals surface area contributed by atoms with Crippen molar-refractivity contribution in [2.24, 2.45) is 10.9 Å². The van der Waals surface area contributed by atoms with Crippen molar-refractivity contribution < 1.29 is 4.79 Å². The number of rotatable bonds is 5. The Hall–Kier alpha value is -1.31. The SMILES string of the molecule is CCNC(=NCc1ccccc1)NC1CCN(C(=O)C(C)C)C1.I. The van der Waals surface area contributed by atoms with Crippen LogP contribution in [-0.2, 0) is 11.3 Å². The predicted molar refractivity (Wildman–Crippen MR) is 110 cm³/mol. The summed E-state index contributed by atoms with van der Waals surface area (Å²) in [5, 5.41) is 6.74. The lowest BCUT2D eigenvalue weighted by atomic mass is 10.2. The van der Waals surface area contributed by atoms with E-state index in [2.05, 4.69) is 34.7 Å². The molecular formula is C18H29IN4O. The van der Waals surface area contributed by atoms with Crippen LogP contribution >= 0.6 is 24.0 Å². The van der Waals surface area contributed by atoms with Crippen LogP contribution in [-0.4, -0.2) is 42.4 Å². The Kier molecular flexibility index (Phi) is 9.10. The number of hydrogen-bond donors (Lipinski definition) is 2. The Morgan fingerprint density at radius 1 is 1.33 bits per heavy atom. The molecule has 1 aliphatic rings. The van der Waals surface area contributed by atoms with Crippen molar-refractivity contribution >= 4 is 35.8 Å². The summed E-state index contributed by atoms with van der Waals surface area (Å²) in [4.78, 5) is 18.7. The standard InChI is InChI=1S/C18H28N4O.HI/c1-4-19-18(20-12-15-8-6-5-7-9-15)21-16-10-11-22(13-16)17(23)14(2)3;/h5-9,14,16H,4,10-13H2,1-3H3,(H2,19,20,21);1H. The minimum Gasteiger partial charge on any atom is -0.357 e. The first-order chi connectivity index (χ1) is 11.1. The molecule has 24 heavy (non-hydrogen) atoms. The van der Waals surface area contributed by atoms with Gasteiger partial charge in [-0.2, -0.15) is 0 Å². The number of carbonyl (C=O) groups is 1. The van der Waals surface area contributed by atoms with E-state index in [0.29, 0.717) is 6.54 Å². The number of aliphatic imine (C=N–C) groups is 1. The Morgan fingerprint density at radius 3 is 2.67 bits per heavy atom. The third-order valence-electron chi connectivity index (χ3n) is 3.94. The minimum absolute atomic E-state index is 0. The first kappa shape index (κ1) is 20.7. The average molecular weight is 444 g/mol. The quantitative estimate of drug-likeness (QED) is 0.417. The molecule has 0 radical (unpaired) electrons. The Balaban J connectivity index is 0.00000288. The van der Waals surface area contributed by atoms with Crippen molar-refractivity contribution in [3.05, 3.63) is 35.9 Å². The third-order valence-corrected chi connectivity index (χ3v) is 3.94. The maximum atomic E-state index is 12.1. The summed E-state index contributed by atoms with van der Waals surface area (Å²) >= 11 is 0. The number of nitrogens with one attached hydrogen (secondary N) is 2. The van der Waals surface area contributed by atoms with Gasteiger partial charge in [0.1, 0.15) is 0 Å². The number of amides is 1. The zero-order valence-corrected chi connectivity index (χ0v) is 17.1. The van der Waals surface area contributed by atoms with Crippen molar-refractivity contribution in [3.63, 3.8) is 0 Å². The molecule has 1 fully saturated rings. The molecule has 0 aliphatic carbocycles. The van der Waals surface area contributed by atoms with Crippen molar-refractivity contribution in [2.45, 2.75) is 39.8 Å². The predicted octanol–water partition coefficient (Wildman–Crippen LogP) is 2.62. The van der Waals surface area contributed by atoms with Crippen LogP contribution in [0.25, 0.3) is 0 Å². The molecule has 134 valence electrons. The summed E-state index contributed by atoms with van der Waals surface area (Å²) in [5.41, 5.74) is 1.19. The van der Waals surface area contributed by atoms with Crippen LogP contribution < -0.4 is 10.6 Å². The lowest BCUT2D eigenvalue weighted by Gasteiger charge is -2.20. The first-order valence-corrected chi connectivity index (χ1v) is 8.47. The molecule has 1 saturated heterocycles. The van der Waals surface area contributed by atoms with Gasteiger partial charge in [-0.15, -0.1) is 24.0 Å². The highest BCUT2D eigenvalue weighted by molar-refractivity contribution is 14.0. The molecule has 0 aromatic heterocycles. The molecule has 6 heteroatoms. The van der Waals surface area contributed by atoms with Gasteiger partial charge < -0.3 is 15.5 Å². The molecule has 1 aromatic carbocycles.